The van der Waals surface area contributed by atoms with Crippen molar-refractivity contribution >= 4 is 28.4 Å². The van der Waals surface area contributed by atoms with Crippen LogP contribution in [0.3, 0.4) is 0 Å². The lowest BCUT2D eigenvalue weighted by molar-refractivity contribution is -0.117. The van der Waals surface area contributed by atoms with Crippen molar-refractivity contribution in [2.45, 2.75) is 32.1 Å². The smallest absolute Gasteiger partial charge is 0.225 e. The number of aromatic nitrogens is 1. The highest BCUT2D eigenvalue weighted by Crippen LogP contribution is 2.42. The minimum atomic E-state index is -0.424. The van der Waals surface area contributed by atoms with Crippen molar-refractivity contribution in [3.05, 3.63) is 47.8 Å². The molecule has 0 atom stereocenters. The number of fused-ring (bicyclic) bond motifs is 2. The predicted octanol–water partition coefficient (Wildman–Crippen LogP) is 4.18. The van der Waals surface area contributed by atoms with Crippen LogP contribution < -0.4 is 15.0 Å². The second kappa shape index (κ2) is 8.67. The maximum absolute atomic E-state index is 14.2. The summed E-state index contributed by atoms with van der Waals surface area (Å²) in [5.74, 6) is 0.912. The van der Waals surface area contributed by atoms with E-state index in [1.165, 1.54) is 12.1 Å². The molecule has 1 saturated heterocycles. The molecule has 5 rings (SSSR count). The summed E-state index contributed by atoms with van der Waals surface area (Å²) in [7, 11) is 0. The molecule has 0 radical (unpaired) electrons. The van der Waals surface area contributed by atoms with Crippen molar-refractivity contribution in [3.63, 3.8) is 0 Å². The van der Waals surface area contributed by atoms with Gasteiger partial charge in [-0.3, -0.25) is 9.69 Å². The van der Waals surface area contributed by atoms with Crippen LogP contribution in [0.4, 0.5) is 15.9 Å². The Kier molecular flexibility index (Phi) is 5.70. The number of carbonyl (C=O) groups excluding carboxylic acids is 1. The molecule has 2 aromatic carbocycles. The summed E-state index contributed by atoms with van der Waals surface area (Å²) in [6.07, 6.45) is 1.15. The lowest BCUT2D eigenvalue weighted by atomic mass is 9.78. The van der Waals surface area contributed by atoms with E-state index in [1.54, 1.807) is 0 Å². The number of carbonyl (C=O) groups is 1. The first-order valence-electron chi connectivity index (χ1n) is 11.5. The van der Waals surface area contributed by atoms with E-state index in [0.29, 0.717) is 24.5 Å². The van der Waals surface area contributed by atoms with Crippen LogP contribution in [0, 0.1) is 5.82 Å². The molecular weight excluding hydrogens is 423 g/mol. The average molecular weight is 453 g/mol. The SMILES string of the molecule is CC1(C)CC(=O)Nc2c(OCCCN3CCN(c4noc5ccccc45)CC3)cc(F)cc21. The van der Waals surface area contributed by atoms with Gasteiger partial charge in [-0.2, -0.15) is 0 Å². The van der Waals surface area contributed by atoms with Crippen LogP contribution in [-0.2, 0) is 10.2 Å². The van der Waals surface area contributed by atoms with Gasteiger partial charge in [-0.25, -0.2) is 4.39 Å². The number of para-hydroxylation sites is 1. The molecule has 1 aromatic heterocycles. The normalized spacial score (nSPS) is 18.3. The number of halogens is 1. The van der Waals surface area contributed by atoms with Crippen LogP contribution in [0.1, 0.15) is 32.3 Å². The molecule has 1 fully saturated rings. The Morgan fingerprint density at radius 3 is 2.79 bits per heavy atom. The number of piperazine rings is 1. The van der Waals surface area contributed by atoms with Gasteiger partial charge in [0.1, 0.15) is 11.6 Å². The van der Waals surface area contributed by atoms with Gasteiger partial charge in [0.15, 0.2) is 11.4 Å². The van der Waals surface area contributed by atoms with Crippen molar-refractivity contribution < 1.29 is 18.4 Å². The third-order valence-electron chi connectivity index (χ3n) is 6.57. The summed E-state index contributed by atoms with van der Waals surface area (Å²) in [6, 6.07) is 10.8. The van der Waals surface area contributed by atoms with E-state index in [1.807, 2.05) is 38.1 Å². The summed E-state index contributed by atoms with van der Waals surface area (Å²) in [5.41, 5.74) is 1.78. The zero-order valence-corrected chi connectivity index (χ0v) is 19.1. The summed E-state index contributed by atoms with van der Waals surface area (Å²) >= 11 is 0. The fourth-order valence-corrected chi connectivity index (χ4v) is 4.79. The van der Waals surface area contributed by atoms with Crippen LogP contribution in [0.15, 0.2) is 40.9 Å². The predicted molar refractivity (Wildman–Crippen MR) is 125 cm³/mol. The topological polar surface area (TPSA) is 70.8 Å². The zero-order chi connectivity index (χ0) is 23.0. The number of hydrogen-bond donors (Lipinski definition) is 1. The average Bonchev–Trinajstić information content (AvgIpc) is 3.21. The summed E-state index contributed by atoms with van der Waals surface area (Å²) in [4.78, 5) is 16.8. The first-order valence-corrected chi connectivity index (χ1v) is 11.5. The van der Waals surface area contributed by atoms with Gasteiger partial charge in [-0.15, -0.1) is 0 Å². The zero-order valence-electron chi connectivity index (χ0n) is 19.1. The van der Waals surface area contributed by atoms with Crippen molar-refractivity contribution in [3.8, 4) is 5.75 Å². The number of nitrogens with zero attached hydrogens (tertiary/aromatic N) is 3. The fraction of sp³-hybridized carbons (Fsp3) is 0.440. The largest absolute Gasteiger partial charge is 0.491 e. The third-order valence-corrected chi connectivity index (χ3v) is 6.57. The van der Waals surface area contributed by atoms with E-state index < -0.39 is 5.41 Å². The fourth-order valence-electron chi connectivity index (χ4n) is 4.79. The molecule has 3 heterocycles. The summed E-state index contributed by atoms with van der Waals surface area (Å²) in [6.45, 7) is 8.89. The number of ether oxygens (including phenoxy) is 1. The van der Waals surface area contributed by atoms with Crippen molar-refractivity contribution in [2.24, 2.45) is 0 Å². The minimum Gasteiger partial charge on any atom is -0.491 e. The standard InChI is InChI=1S/C25H29FN4O3/c1-25(2)16-22(31)27-23-19(25)14-17(26)15-21(23)32-13-5-8-29-9-11-30(12-10-29)24-18-6-3-4-7-20(18)33-28-24/h3-4,6-7,14-15H,5,8-13,16H2,1-2H3,(H,27,31). The molecule has 3 aromatic rings. The Morgan fingerprint density at radius 2 is 1.97 bits per heavy atom. The number of rotatable bonds is 6. The Hall–Kier alpha value is -3.13. The number of nitrogens with one attached hydrogen (secondary N) is 1. The lowest BCUT2D eigenvalue weighted by Gasteiger charge is -2.35. The van der Waals surface area contributed by atoms with Crippen LogP contribution >= 0.6 is 0 Å². The van der Waals surface area contributed by atoms with Crippen LogP contribution in [0.5, 0.6) is 5.75 Å². The van der Waals surface area contributed by atoms with E-state index in [-0.39, 0.29) is 11.7 Å². The van der Waals surface area contributed by atoms with E-state index >= 15 is 0 Å². The number of anilines is 2. The molecule has 8 heteroatoms. The second-order valence-electron chi connectivity index (χ2n) is 9.47. The Morgan fingerprint density at radius 1 is 1.18 bits per heavy atom. The van der Waals surface area contributed by atoms with Crippen LogP contribution in [0.2, 0.25) is 0 Å². The van der Waals surface area contributed by atoms with Crippen molar-refractivity contribution in [2.75, 3.05) is 49.5 Å². The Bertz CT molecular complexity index is 1170. The first-order chi connectivity index (χ1) is 15.9. The third kappa shape index (κ3) is 4.39. The molecule has 2 aliphatic heterocycles. The van der Waals surface area contributed by atoms with Gasteiger partial charge in [0.2, 0.25) is 5.91 Å². The maximum atomic E-state index is 14.2. The van der Waals surface area contributed by atoms with E-state index in [2.05, 4.69) is 20.3 Å². The molecule has 7 nitrogen and oxygen atoms in total. The number of benzene rings is 2. The highest BCUT2D eigenvalue weighted by molar-refractivity contribution is 5.97. The Labute approximate surface area is 192 Å². The molecular formula is C25H29FN4O3. The second-order valence-corrected chi connectivity index (χ2v) is 9.47. The summed E-state index contributed by atoms with van der Waals surface area (Å²) in [5, 5.41) is 8.18. The molecule has 33 heavy (non-hydrogen) atoms. The first kappa shape index (κ1) is 21.7. The summed E-state index contributed by atoms with van der Waals surface area (Å²) < 4.78 is 25.6. The monoisotopic (exact) mass is 452 g/mol. The minimum absolute atomic E-state index is 0.0679. The van der Waals surface area contributed by atoms with E-state index in [4.69, 9.17) is 9.26 Å². The van der Waals surface area contributed by atoms with Crippen LogP contribution in [0.25, 0.3) is 11.0 Å². The van der Waals surface area contributed by atoms with Gasteiger partial charge in [0, 0.05) is 50.6 Å². The molecule has 0 spiro atoms. The van der Waals surface area contributed by atoms with Crippen molar-refractivity contribution in [1.82, 2.24) is 10.1 Å². The van der Waals surface area contributed by atoms with Crippen LogP contribution in [-0.4, -0.2) is 55.3 Å². The Balaban J connectivity index is 1.14. The molecule has 0 bridgehead atoms. The molecule has 1 amide bonds. The van der Waals surface area contributed by atoms with Crippen molar-refractivity contribution in [1.29, 1.82) is 0 Å². The molecule has 1 N–H and O–H groups in total. The van der Waals surface area contributed by atoms with Gasteiger partial charge in [0.25, 0.3) is 0 Å². The number of amides is 1. The molecule has 0 saturated carbocycles. The van der Waals surface area contributed by atoms with E-state index in [0.717, 1.165) is 61.5 Å². The highest BCUT2D eigenvalue weighted by Gasteiger charge is 2.34. The van der Waals surface area contributed by atoms with Gasteiger partial charge in [0.05, 0.1) is 17.7 Å². The van der Waals surface area contributed by atoms with Gasteiger partial charge in [-0.05, 0) is 30.2 Å². The highest BCUT2D eigenvalue weighted by atomic mass is 19.1. The lowest BCUT2D eigenvalue weighted by Crippen LogP contribution is -2.47. The quantitative estimate of drug-likeness (QED) is 0.566. The molecule has 174 valence electrons. The molecule has 0 aliphatic carbocycles. The number of hydrogen-bond acceptors (Lipinski definition) is 6. The van der Waals surface area contributed by atoms with Gasteiger partial charge >= 0.3 is 0 Å². The van der Waals surface area contributed by atoms with Gasteiger partial charge in [-0.1, -0.05) is 31.1 Å². The van der Waals surface area contributed by atoms with Gasteiger partial charge < -0.3 is 19.5 Å². The maximum Gasteiger partial charge on any atom is 0.225 e. The molecule has 0 unspecified atom stereocenters. The van der Waals surface area contributed by atoms with E-state index in [9.17, 15) is 9.18 Å². The molecule has 2 aliphatic rings.